The highest BCUT2D eigenvalue weighted by molar-refractivity contribution is 5.79. The first kappa shape index (κ1) is 26.3. The smallest absolute Gasteiger partial charge is 0.237 e. The molecule has 35 heavy (non-hydrogen) atoms. The van der Waals surface area contributed by atoms with Crippen molar-refractivity contribution in [2.75, 3.05) is 20.2 Å². The standard InChI is InChI=1S/C20H27FN4O2.C7H7F/c1-12(2)18-17(13-6-7-14(21)15(10-13)27-5)23-19-20(3,4)25(16(26)11-22)9-8-24(18)19;1-6-2-4-7(8)5-3-6/h6-7,10,12H,8-9,11,22H2,1-5H3;2-5H,1H3. The van der Waals surface area contributed by atoms with E-state index in [9.17, 15) is 13.6 Å². The van der Waals surface area contributed by atoms with E-state index in [4.69, 9.17) is 15.5 Å². The number of carbonyl (C=O) groups excluding carboxylic acids is 1. The van der Waals surface area contributed by atoms with E-state index in [1.165, 1.54) is 25.3 Å². The highest BCUT2D eigenvalue weighted by atomic mass is 19.1. The average molecular weight is 485 g/mol. The maximum atomic E-state index is 13.9. The van der Waals surface area contributed by atoms with Crippen molar-refractivity contribution in [2.45, 2.75) is 52.6 Å². The second-order valence-corrected chi connectivity index (χ2v) is 9.43. The van der Waals surface area contributed by atoms with Crippen LogP contribution < -0.4 is 10.5 Å². The molecule has 2 heterocycles. The third kappa shape index (κ3) is 5.37. The molecular weight excluding hydrogens is 450 g/mol. The molecule has 3 aromatic rings. The first-order valence-corrected chi connectivity index (χ1v) is 11.7. The summed E-state index contributed by atoms with van der Waals surface area (Å²) in [6, 6.07) is 11.2. The highest BCUT2D eigenvalue weighted by Crippen LogP contribution is 2.39. The van der Waals surface area contributed by atoms with Crippen LogP contribution >= 0.6 is 0 Å². The van der Waals surface area contributed by atoms with Gasteiger partial charge in [0, 0.05) is 24.3 Å². The van der Waals surface area contributed by atoms with E-state index in [0.29, 0.717) is 13.1 Å². The highest BCUT2D eigenvalue weighted by Gasteiger charge is 2.41. The number of methoxy groups -OCH3 is 1. The molecule has 6 nitrogen and oxygen atoms in total. The van der Waals surface area contributed by atoms with Gasteiger partial charge in [0.25, 0.3) is 0 Å². The number of ether oxygens (including phenoxy) is 1. The summed E-state index contributed by atoms with van der Waals surface area (Å²) in [4.78, 5) is 19.0. The fraction of sp³-hybridized carbons (Fsp3) is 0.407. The average Bonchev–Trinajstić information content (AvgIpc) is 3.23. The predicted octanol–water partition coefficient (Wildman–Crippen LogP) is 4.99. The van der Waals surface area contributed by atoms with Crippen molar-refractivity contribution >= 4 is 5.91 Å². The van der Waals surface area contributed by atoms with Gasteiger partial charge in [-0.05, 0) is 57.0 Å². The lowest BCUT2D eigenvalue weighted by molar-refractivity contribution is -0.137. The Balaban J connectivity index is 0.000000363. The van der Waals surface area contributed by atoms with E-state index >= 15 is 0 Å². The molecule has 0 aliphatic carbocycles. The number of imidazole rings is 1. The fourth-order valence-electron chi connectivity index (χ4n) is 4.44. The molecule has 0 atom stereocenters. The molecule has 2 N–H and O–H groups in total. The number of aromatic nitrogens is 2. The largest absolute Gasteiger partial charge is 0.494 e. The molecule has 0 spiro atoms. The lowest BCUT2D eigenvalue weighted by atomic mass is 9.98. The monoisotopic (exact) mass is 484 g/mol. The van der Waals surface area contributed by atoms with Gasteiger partial charge >= 0.3 is 0 Å². The summed E-state index contributed by atoms with van der Waals surface area (Å²) >= 11 is 0. The van der Waals surface area contributed by atoms with Crippen molar-refractivity contribution in [1.29, 1.82) is 0 Å². The Hall–Kier alpha value is -3.26. The molecule has 0 unspecified atom stereocenters. The summed E-state index contributed by atoms with van der Waals surface area (Å²) in [6.07, 6.45) is 0. The van der Waals surface area contributed by atoms with Gasteiger partial charge in [0.2, 0.25) is 5.91 Å². The Bertz CT molecular complexity index is 1170. The van der Waals surface area contributed by atoms with E-state index in [1.54, 1.807) is 29.2 Å². The quantitative estimate of drug-likeness (QED) is 0.566. The van der Waals surface area contributed by atoms with Crippen LogP contribution in [0.2, 0.25) is 0 Å². The predicted molar refractivity (Wildman–Crippen MR) is 133 cm³/mol. The van der Waals surface area contributed by atoms with Gasteiger partial charge in [0.1, 0.15) is 11.6 Å². The van der Waals surface area contributed by atoms with E-state index in [1.807, 2.05) is 20.8 Å². The fourth-order valence-corrected chi connectivity index (χ4v) is 4.44. The molecule has 0 saturated carbocycles. The minimum Gasteiger partial charge on any atom is -0.494 e. The van der Waals surface area contributed by atoms with Crippen molar-refractivity contribution in [2.24, 2.45) is 5.73 Å². The van der Waals surface area contributed by atoms with Crippen LogP contribution in [0.3, 0.4) is 0 Å². The third-order valence-electron chi connectivity index (χ3n) is 6.23. The Kier molecular flexibility index (Phi) is 7.95. The van der Waals surface area contributed by atoms with Crippen LogP contribution in [0, 0.1) is 18.6 Å². The van der Waals surface area contributed by atoms with Gasteiger partial charge in [0.05, 0.1) is 24.9 Å². The number of hydrogen-bond donors (Lipinski definition) is 1. The zero-order valence-corrected chi connectivity index (χ0v) is 21.2. The summed E-state index contributed by atoms with van der Waals surface area (Å²) in [7, 11) is 1.45. The summed E-state index contributed by atoms with van der Waals surface area (Å²) in [5, 5.41) is 0. The molecule has 2 aromatic carbocycles. The number of benzene rings is 2. The molecule has 1 aromatic heterocycles. The SMILES string of the molecule is COc1cc(-c2nc3n(c2C(C)C)CCN(C(=O)CN)C3(C)C)ccc1F.Cc1ccc(F)cc1. The Morgan fingerprint density at radius 1 is 1.14 bits per heavy atom. The van der Waals surface area contributed by atoms with Crippen LogP contribution in [0.15, 0.2) is 42.5 Å². The number of carbonyl (C=O) groups is 1. The van der Waals surface area contributed by atoms with Gasteiger partial charge in [-0.1, -0.05) is 31.5 Å². The second kappa shape index (κ2) is 10.6. The van der Waals surface area contributed by atoms with Gasteiger partial charge in [-0.15, -0.1) is 0 Å². The molecule has 1 aliphatic heterocycles. The first-order valence-electron chi connectivity index (χ1n) is 11.7. The summed E-state index contributed by atoms with van der Waals surface area (Å²) in [5.74, 6) is 0.548. The number of aryl methyl sites for hydroxylation is 1. The number of halogens is 2. The Morgan fingerprint density at radius 2 is 1.80 bits per heavy atom. The molecule has 1 amide bonds. The number of fused-ring (bicyclic) bond motifs is 1. The molecule has 8 heteroatoms. The van der Waals surface area contributed by atoms with Gasteiger partial charge in [-0.2, -0.15) is 0 Å². The number of hydrogen-bond acceptors (Lipinski definition) is 4. The number of rotatable bonds is 4. The lowest BCUT2D eigenvalue weighted by Gasteiger charge is -2.42. The third-order valence-corrected chi connectivity index (χ3v) is 6.23. The maximum absolute atomic E-state index is 13.9. The van der Waals surface area contributed by atoms with E-state index in [2.05, 4.69) is 18.4 Å². The van der Waals surface area contributed by atoms with Crippen molar-refractivity contribution < 1.29 is 18.3 Å². The zero-order chi connectivity index (χ0) is 25.9. The van der Waals surface area contributed by atoms with Crippen LogP contribution in [0.4, 0.5) is 8.78 Å². The summed E-state index contributed by atoms with van der Waals surface area (Å²) in [6.45, 7) is 11.3. The molecule has 4 rings (SSSR count). The summed E-state index contributed by atoms with van der Waals surface area (Å²) < 4.78 is 33.3. The molecule has 188 valence electrons. The summed E-state index contributed by atoms with van der Waals surface area (Å²) in [5.41, 5.74) is 8.78. The van der Waals surface area contributed by atoms with Crippen LogP contribution in [0.5, 0.6) is 5.75 Å². The maximum Gasteiger partial charge on any atom is 0.237 e. The van der Waals surface area contributed by atoms with Gasteiger partial charge < -0.3 is 19.9 Å². The molecular formula is C27H34F2N4O2. The van der Waals surface area contributed by atoms with Crippen molar-refractivity contribution in [3.8, 4) is 17.0 Å². The van der Waals surface area contributed by atoms with Gasteiger partial charge in [-0.3, -0.25) is 4.79 Å². The van der Waals surface area contributed by atoms with Crippen molar-refractivity contribution in [3.63, 3.8) is 0 Å². The van der Waals surface area contributed by atoms with Crippen molar-refractivity contribution in [1.82, 2.24) is 14.5 Å². The minimum atomic E-state index is -0.583. The normalized spacial score (nSPS) is 14.3. The molecule has 0 radical (unpaired) electrons. The van der Waals surface area contributed by atoms with E-state index in [0.717, 1.165) is 28.3 Å². The topological polar surface area (TPSA) is 73.4 Å². The minimum absolute atomic E-state index is 0.0246. The van der Waals surface area contributed by atoms with Crippen LogP contribution in [-0.4, -0.2) is 40.6 Å². The molecule has 0 saturated heterocycles. The Morgan fingerprint density at radius 3 is 2.34 bits per heavy atom. The van der Waals surface area contributed by atoms with Gasteiger partial charge in [-0.25, -0.2) is 13.8 Å². The first-order chi connectivity index (χ1) is 16.5. The van der Waals surface area contributed by atoms with Crippen LogP contribution in [0.1, 0.15) is 50.7 Å². The zero-order valence-electron chi connectivity index (χ0n) is 21.2. The number of amides is 1. The van der Waals surface area contributed by atoms with E-state index < -0.39 is 11.4 Å². The molecule has 0 fully saturated rings. The van der Waals surface area contributed by atoms with Crippen molar-refractivity contribution in [3.05, 3.63) is 71.2 Å². The number of nitrogens with zero attached hydrogens (tertiary/aromatic N) is 3. The van der Waals surface area contributed by atoms with Crippen LogP contribution in [0.25, 0.3) is 11.3 Å². The van der Waals surface area contributed by atoms with Gasteiger partial charge in [0.15, 0.2) is 11.6 Å². The number of nitrogens with two attached hydrogens (primary N) is 1. The molecule has 1 aliphatic rings. The van der Waals surface area contributed by atoms with E-state index in [-0.39, 0.29) is 29.9 Å². The second-order valence-electron chi connectivity index (χ2n) is 9.43. The lowest BCUT2D eigenvalue weighted by Crippen LogP contribution is -2.53. The molecule has 0 bridgehead atoms. The van der Waals surface area contributed by atoms with Crippen LogP contribution in [-0.2, 0) is 16.9 Å². The Labute approximate surface area is 205 Å².